The minimum atomic E-state index is 0. The fraction of sp³-hybridized carbons (Fsp3) is 0.588. The van der Waals surface area contributed by atoms with E-state index in [9.17, 15) is 4.79 Å². The summed E-state index contributed by atoms with van der Waals surface area (Å²) in [4.78, 5) is 14.2. The standard InChI is InChI=1S/C17H24Cl2N2O2.ClH/c1-20-12-13-6-8-21(9-7-13)17(22)3-2-10-23-16-5-4-14(18)11-15(16)19;/h4-5,11,13,20H,2-3,6-10,12H2,1H3;1H. The van der Waals surface area contributed by atoms with Gasteiger partial charge in [0, 0.05) is 24.5 Å². The van der Waals surface area contributed by atoms with Crippen LogP contribution in [0.15, 0.2) is 18.2 Å². The number of carbonyl (C=O) groups is 1. The summed E-state index contributed by atoms with van der Waals surface area (Å²) < 4.78 is 5.61. The Morgan fingerprint density at radius 2 is 2.04 bits per heavy atom. The zero-order chi connectivity index (χ0) is 16.7. The van der Waals surface area contributed by atoms with E-state index in [1.807, 2.05) is 11.9 Å². The number of benzene rings is 1. The summed E-state index contributed by atoms with van der Waals surface area (Å²) in [6, 6.07) is 5.14. The van der Waals surface area contributed by atoms with Gasteiger partial charge in [-0.1, -0.05) is 23.2 Å². The average molecular weight is 396 g/mol. The molecular weight excluding hydrogens is 371 g/mol. The van der Waals surface area contributed by atoms with Crippen LogP contribution in [-0.2, 0) is 4.79 Å². The highest BCUT2D eigenvalue weighted by molar-refractivity contribution is 6.35. The Kier molecular flexibility index (Phi) is 9.82. The van der Waals surface area contributed by atoms with Crippen LogP contribution in [-0.4, -0.2) is 44.1 Å². The van der Waals surface area contributed by atoms with Crippen molar-refractivity contribution in [2.75, 3.05) is 33.3 Å². The van der Waals surface area contributed by atoms with E-state index in [2.05, 4.69) is 5.32 Å². The van der Waals surface area contributed by atoms with E-state index < -0.39 is 0 Å². The number of amides is 1. The van der Waals surface area contributed by atoms with Gasteiger partial charge in [0.25, 0.3) is 0 Å². The molecule has 1 aliphatic heterocycles. The molecule has 0 spiro atoms. The van der Waals surface area contributed by atoms with Crippen molar-refractivity contribution in [2.24, 2.45) is 5.92 Å². The van der Waals surface area contributed by atoms with Gasteiger partial charge in [-0.25, -0.2) is 0 Å². The van der Waals surface area contributed by atoms with E-state index in [1.54, 1.807) is 18.2 Å². The third-order valence-corrected chi connectivity index (χ3v) is 4.68. The number of likely N-dealkylation sites (tertiary alicyclic amines) is 1. The maximum atomic E-state index is 12.2. The van der Waals surface area contributed by atoms with Gasteiger partial charge in [-0.2, -0.15) is 0 Å². The number of nitrogens with one attached hydrogen (secondary N) is 1. The second-order valence-corrected chi connectivity index (χ2v) is 6.75. The van der Waals surface area contributed by atoms with Crippen LogP contribution in [0, 0.1) is 5.92 Å². The number of carbonyl (C=O) groups excluding carboxylic acids is 1. The summed E-state index contributed by atoms with van der Waals surface area (Å²) >= 11 is 11.9. The largest absolute Gasteiger partial charge is 0.492 e. The molecule has 0 bridgehead atoms. The number of hydrogen-bond acceptors (Lipinski definition) is 3. The third-order valence-electron chi connectivity index (χ3n) is 4.15. The van der Waals surface area contributed by atoms with Crippen molar-refractivity contribution in [2.45, 2.75) is 25.7 Å². The van der Waals surface area contributed by atoms with Gasteiger partial charge in [-0.15, -0.1) is 12.4 Å². The first kappa shape index (κ1) is 21.4. The third kappa shape index (κ3) is 6.67. The maximum Gasteiger partial charge on any atom is 0.222 e. The molecule has 4 nitrogen and oxygen atoms in total. The normalized spacial score (nSPS) is 15.0. The lowest BCUT2D eigenvalue weighted by molar-refractivity contribution is -0.132. The zero-order valence-corrected chi connectivity index (χ0v) is 16.2. The molecule has 1 fully saturated rings. The highest BCUT2D eigenvalue weighted by Crippen LogP contribution is 2.27. The van der Waals surface area contributed by atoms with Crippen LogP contribution in [0.1, 0.15) is 25.7 Å². The number of ether oxygens (including phenoxy) is 1. The molecule has 1 saturated heterocycles. The minimum absolute atomic E-state index is 0. The molecule has 0 atom stereocenters. The predicted octanol–water partition coefficient (Wildman–Crippen LogP) is 4.03. The maximum absolute atomic E-state index is 12.2. The Labute approximate surface area is 160 Å². The van der Waals surface area contributed by atoms with Crippen LogP contribution in [0.4, 0.5) is 0 Å². The number of rotatable bonds is 7. The molecule has 1 amide bonds. The average Bonchev–Trinajstić information content (AvgIpc) is 2.54. The molecule has 24 heavy (non-hydrogen) atoms. The highest BCUT2D eigenvalue weighted by Gasteiger charge is 2.21. The Hall–Kier alpha value is -0.680. The Morgan fingerprint density at radius 3 is 2.67 bits per heavy atom. The summed E-state index contributed by atoms with van der Waals surface area (Å²) in [5.41, 5.74) is 0. The van der Waals surface area contributed by atoms with Crippen LogP contribution >= 0.6 is 35.6 Å². The van der Waals surface area contributed by atoms with Crippen molar-refractivity contribution in [3.8, 4) is 5.75 Å². The summed E-state index contributed by atoms with van der Waals surface area (Å²) in [6.45, 7) is 3.26. The smallest absolute Gasteiger partial charge is 0.222 e. The lowest BCUT2D eigenvalue weighted by atomic mass is 9.96. The van der Waals surface area contributed by atoms with E-state index in [0.717, 1.165) is 32.5 Å². The molecule has 0 aliphatic carbocycles. The van der Waals surface area contributed by atoms with Gasteiger partial charge in [-0.3, -0.25) is 4.79 Å². The fourth-order valence-electron chi connectivity index (χ4n) is 2.83. The van der Waals surface area contributed by atoms with Crippen molar-refractivity contribution >= 4 is 41.5 Å². The lowest BCUT2D eigenvalue weighted by Crippen LogP contribution is -2.40. The van der Waals surface area contributed by atoms with Crippen LogP contribution in [0.5, 0.6) is 5.75 Å². The summed E-state index contributed by atoms with van der Waals surface area (Å²) in [7, 11) is 1.98. The topological polar surface area (TPSA) is 41.6 Å². The van der Waals surface area contributed by atoms with Crippen molar-refractivity contribution < 1.29 is 9.53 Å². The molecule has 0 saturated carbocycles. The SMILES string of the molecule is CNCC1CCN(C(=O)CCCOc2ccc(Cl)cc2Cl)CC1.Cl. The number of nitrogens with zero attached hydrogens (tertiary/aromatic N) is 1. The molecule has 0 aromatic heterocycles. The molecule has 1 aromatic rings. The van der Waals surface area contributed by atoms with Crippen molar-refractivity contribution in [1.82, 2.24) is 10.2 Å². The first-order valence-electron chi connectivity index (χ1n) is 8.10. The molecule has 136 valence electrons. The second-order valence-electron chi connectivity index (χ2n) is 5.91. The van der Waals surface area contributed by atoms with E-state index in [4.69, 9.17) is 27.9 Å². The lowest BCUT2D eigenvalue weighted by Gasteiger charge is -2.32. The molecule has 7 heteroatoms. The molecule has 0 unspecified atom stereocenters. The Balaban J connectivity index is 0.00000288. The van der Waals surface area contributed by atoms with Crippen LogP contribution in [0.2, 0.25) is 10.0 Å². The van der Waals surface area contributed by atoms with E-state index in [0.29, 0.717) is 41.2 Å². The van der Waals surface area contributed by atoms with Gasteiger partial charge < -0.3 is 15.0 Å². The van der Waals surface area contributed by atoms with Crippen LogP contribution in [0.25, 0.3) is 0 Å². The summed E-state index contributed by atoms with van der Waals surface area (Å²) in [5, 5.41) is 4.29. The molecule has 1 aliphatic rings. The van der Waals surface area contributed by atoms with Crippen molar-refractivity contribution in [3.63, 3.8) is 0 Å². The number of piperidine rings is 1. The van der Waals surface area contributed by atoms with Gasteiger partial charge >= 0.3 is 0 Å². The Bertz CT molecular complexity index is 521. The van der Waals surface area contributed by atoms with Gasteiger partial charge in [0.15, 0.2) is 0 Å². The number of hydrogen-bond donors (Lipinski definition) is 1. The van der Waals surface area contributed by atoms with E-state index in [1.165, 1.54) is 0 Å². The van der Waals surface area contributed by atoms with Gasteiger partial charge in [0.2, 0.25) is 5.91 Å². The molecule has 1 aromatic carbocycles. The monoisotopic (exact) mass is 394 g/mol. The van der Waals surface area contributed by atoms with Crippen LogP contribution < -0.4 is 10.1 Å². The minimum Gasteiger partial charge on any atom is -0.492 e. The molecule has 1 N–H and O–H groups in total. The first-order valence-corrected chi connectivity index (χ1v) is 8.86. The predicted molar refractivity (Wildman–Crippen MR) is 102 cm³/mol. The molecular formula is C17H25Cl3N2O2. The van der Waals surface area contributed by atoms with Gasteiger partial charge in [0.1, 0.15) is 5.75 Å². The van der Waals surface area contributed by atoms with Gasteiger partial charge in [0.05, 0.1) is 11.6 Å². The highest BCUT2D eigenvalue weighted by atomic mass is 35.5. The summed E-state index contributed by atoms with van der Waals surface area (Å²) in [6.07, 6.45) is 3.38. The molecule has 1 heterocycles. The quantitative estimate of drug-likeness (QED) is 0.709. The van der Waals surface area contributed by atoms with E-state index >= 15 is 0 Å². The van der Waals surface area contributed by atoms with Crippen molar-refractivity contribution in [3.05, 3.63) is 28.2 Å². The zero-order valence-electron chi connectivity index (χ0n) is 13.9. The Morgan fingerprint density at radius 1 is 1.33 bits per heavy atom. The fourth-order valence-corrected chi connectivity index (χ4v) is 3.29. The van der Waals surface area contributed by atoms with Crippen LogP contribution in [0.3, 0.4) is 0 Å². The molecule has 2 rings (SSSR count). The van der Waals surface area contributed by atoms with Gasteiger partial charge in [-0.05, 0) is 57.0 Å². The summed E-state index contributed by atoms with van der Waals surface area (Å²) in [5.74, 6) is 1.52. The number of halogens is 3. The second kappa shape index (κ2) is 11.0. The molecule has 0 radical (unpaired) electrons. The first-order chi connectivity index (χ1) is 11.1. The van der Waals surface area contributed by atoms with Crippen molar-refractivity contribution in [1.29, 1.82) is 0 Å². The van der Waals surface area contributed by atoms with E-state index in [-0.39, 0.29) is 18.3 Å².